The Morgan fingerprint density at radius 3 is 1.78 bits per heavy atom. The summed E-state index contributed by atoms with van der Waals surface area (Å²) in [6, 6.07) is 0.334. The first kappa shape index (κ1) is 20.7. The molecule has 0 bridgehead atoms. The predicted molar refractivity (Wildman–Crippen MR) is 109 cm³/mol. The van der Waals surface area contributed by atoms with Crippen LogP contribution in [-0.2, 0) is 4.79 Å². The molecule has 0 N–H and O–H groups in total. The van der Waals surface area contributed by atoms with E-state index < -0.39 is 0 Å². The topological polar surface area (TPSA) is 40.6 Å². The van der Waals surface area contributed by atoms with E-state index in [2.05, 4.69) is 41.5 Å². The van der Waals surface area contributed by atoms with Crippen LogP contribution in [-0.4, -0.2) is 40.4 Å². The summed E-state index contributed by atoms with van der Waals surface area (Å²) in [6.45, 7) is 13.9. The number of imide groups is 1. The van der Waals surface area contributed by atoms with Gasteiger partial charge in [0, 0.05) is 12.1 Å². The van der Waals surface area contributed by atoms with E-state index in [1.54, 1.807) is 4.90 Å². The summed E-state index contributed by atoms with van der Waals surface area (Å²) in [5.74, 6) is 3.31. The van der Waals surface area contributed by atoms with Crippen molar-refractivity contribution < 1.29 is 9.59 Å². The fourth-order valence-electron chi connectivity index (χ4n) is 6.08. The van der Waals surface area contributed by atoms with Gasteiger partial charge in [0.05, 0.1) is 0 Å². The molecule has 0 aromatic heterocycles. The highest BCUT2D eigenvalue weighted by molar-refractivity contribution is 6.02. The second kappa shape index (κ2) is 8.13. The normalized spacial score (nSPS) is 38.4. The molecule has 0 aromatic carbocycles. The number of nitrogens with zero attached hydrogens (tertiary/aromatic N) is 2. The highest BCUT2D eigenvalue weighted by atomic mass is 16.2. The van der Waals surface area contributed by atoms with E-state index >= 15 is 0 Å². The molecule has 1 saturated heterocycles. The van der Waals surface area contributed by atoms with Gasteiger partial charge < -0.3 is 4.90 Å². The maximum absolute atomic E-state index is 13.5. The van der Waals surface area contributed by atoms with E-state index in [4.69, 9.17) is 0 Å². The third-order valence-corrected chi connectivity index (χ3v) is 7.73. The standard InChI is InChI=1S/C23H40N2O2/c1-14(2)18-9-7-16(5)11-20(18)24-13-22(26)25(23(24)27)21-12-17(6)8-10-19(21)15(3)4/h14-21H,7-13H2,1-6H3. The van der Waals surface area contributed by atoms with E-state index in [1.165, 1.54) is 19.3 Å². The van der Waals surface area contributed by atoms with E-state index in [1.807, 2.05) is 4.90 Å². The monoisotopic (exact) mass is 376 g/mol. The van der Waals surface area contributed by atoms with Gasteiger partial charge in [0.15, 0.2) is 0 Å². The highest BCUT2D eigenvalue weighted by Crippen LogP contribution is 2.41. The van der Waals surface area contributed by atoms with Gasteiger partial charge in [-0.2, -0.15) is 0 Å². The molecule has 27 heavy (non-hydrogen) atoms. The molecule has 6 atom stereocenters. The van der Waals surface area contributed by atoms with Crippen LogP contribution in [0.25, 0.3) is 0 Å². The van der Waals surface area contributed by atoms with Gasteiger partial charge >= 0.3 is 6.03 Å². The van der Waals surface area contributed by atoms with Crippen LogP contribution in [0.4, 0.5) is 4.79 Å². The van der Waals surface area contributed by atoms with Gasteiger partial charge in [-0.1, -0.05) is 54.4 Å². The average Bonchev–Trinajstić information content (AvgIpc) is 2.88. The molecule has 2 aliphatic carbocycles. The van der Waals surface area contributed by atoms with Crippen molar-refractivity contribution in [3.8, 4) is 0 Å². The summed E-state index contributed by atoms with van der Waals surface area (Å²) >= 11 is 0. The summed E-state index contributed by atoms with van der Waals surface area (Å²) in [7, 11) is 0. The Morgan fingerprint density at radius 2 is 1.26 bits per heavy atom. The first-order chi connectivity index (χ1) is 12.7. The number of urea groups is 1. The molecule has 4 heteroatoms. The molecule has 3 aliphatic rings. The first-order valence-corrected chi connectivity index (χ1v) is 11.3. The molecule has 0 spiro atoms. The highest BCUT2D eigenvalue weighted by Gasteiger charge is 2.49. The van der Waals surface area contributed by atoms with Crippen molar-refractivity contribution in [3.63, 3.8) is 0 Å². The van der Waals surface area contributed by atoms with Gasteiger partial charge in [-0.05, 0) is 61.2 Å². The van der Waals surface area contributed by atoms with E-state index in [9.17, 15) is 9.59 Å². The lowest BCUT2D eigenvalue weighted by molar-refractivity contribution is -0.129. The van der Waals surface area contributed by atoms with Crippen LogP contribution in [0.5, 0.6) is 0 Å². The van der Waals surface area contributed by atoms with Crippen molar-refractivity contribution in [2.24, 2.45) is 35.5 Å². The zero-order valence-corrected chi connectivity index (χ0v) is 18.3. The maximum Gasteiger partial charge on any atom is 0.327 e. The Bertz CT molecular complexity index is 559. The van der Waals surface area contributed by atoms with E-state index in [-0.39, 0.29) is 24.0 Å². The van der Waals surface area contributed by atoms with Crippen LogP contribution < -0.4 is 0 Å². The van der Waals surface area contributed by atoms with Crippen LogP contribution in [0.15, 0.2) is 0 Å². The van der Waals surface area contributed by atoms with Crippen molar-refractivity contribution in [1.82, 2.24) is 9.80 Å². The number of hydrogen-bond acceptors (Lipinski definition) is 2. The zero-order chi connectivity index (χ0) is 19.9. The van der Waals surface area contributed by atoms with Gasteiger partial charge in [0.2, 0.25) is 0 Å². The van der Waals surface area contributed by atoms with Crippen molar-refractivity contribution in [3.05, 3.63) is 0 Å². The van der Waals surface area contributed by atoms with E-state index in [0.29, 0.717) is 42.1 Å². The molecule has 0 aromatic rings. The number of amides is 3. The molecule has 6 unspecified atom stereocenters. The molecule has 2 saturated carbocycles. The summed E-state index contributed by atoms with van der Waals surface area (Å²) < 4.78 is 0. The Hall–Kier alpha value is -1.06. The lowest BCUT2D eigenvalue weighted by Gasteiger charge is -2.43. The Kier molecular flexibility index (Phi) is 6.22. The summed E-state index contributed by atoms with van der Waals surface area (Å²) in [4.78, 5) is 30.2. The summed E-state index contributed by atoms with van der Waals surface area (Å²) in [6.07, 6.45) is 6.79. The molecule has 4 nitrogen and oxygen atoms in total. The van der Waals surface area contributed by atoms with Crippen LogP contribution in [0.1, 0.15) is 80.1 Å². The third kappa shape index (κ3) is 4.05. The molecule has 3 amide bonds. The van der Waals surface area contributed by atoms with Crippen LogP contribution in [0.3, 0.4) is 0 Å². The molecule has 3 fully saturated rings. The minimum absolute atomic E-state index is 0.00880. The number of carbonyl (C=O) groups excluding carboxylic acids is 2. The first-order valence-electron chi connectivity index (χ1n) is 11.3. The predicted octanol–water partition coefficient (Wildman–Crippen LogP) is 5.17. The molecule has 1 heterocycles. The van der Waals surface area contributed by atoms with Gasteiger partial charge in [0.25, 0.3) is 5.91 Å². The molecule has 3 rings (SSSR count). The van der Waals surface area contributed by atoms with Crippen molar-refractivity contribution in [1.29, 1.82) is 0 Å². The molecule has 0 radical (unpaired) electrons. The molecule has 154 valence electrons. The van der Waals surface area contributed by atoms with Crippen LogP contribution in [0, 0.1) is 35.5 Å². The number of rotatable bonds is 4. The number of carbonyl (C=O) groups is 2. The van der Waals surface area contributed by atoms with Gasteiger partial charge in [-0.3, -0.25) is 9.69 Å². The SMILES string of the molecule is CC1CCC(C(C)C)C(N2CC(=O)N(C3CC(C)CCC3C(C)C)C2=O)C1. The average molecular weight is 377 g/mol. The van der Waals surface area contributed by atoms with E-state index in [0.717, 1.165) is 19.3 Å². The lowest BCUT2D eigenvalue weighted by atomic mass is 9.73. The molecule has 1 aliphatic heterocycles. The smallest absolute Gasteiger partial charge is 0.312 e. The van der Waals surface area contributed by atoms with Gasteiger partial charge in [-0.15, -0.1) is 0 Å². The summed E-state index contributed by atoms with van der Waals surface area (Å²) in [5.41, 5.74) is 0. The Labute approximate surface area is 166 Å². The van der Waals surface area contributed by atoms with Crippen molar-refractivity contribution >= 4 is 11.9 Å². The largest absolute Gasteiger partial charge is 0.327 e. The van der Waals surface area contributed by atoms with Crippen LogP contribution in [0.2, 0.25) is 0 Å². The minimum Gasteiger partial charge on any atom is -0.312 e. The zero-order valence-electron chi connectivity index (χ0n) is 18.3. The minimum atomic E-state index is 0.00880. The fourth-order valence-corrected chi connectivity index (χ4v) is 6.08. The second-order valence-corrected chi connectivity index (χ2v) is 10.5. The Morgan fingerprint density at radius 1 is 0.778 bits per heavy atom. The molecular formula is C23H40N2O2. The van der Waals surface area contributed by atoms with Gasteiger partial charge in [-0.25, -0.2) is 4.79 Å². The lowest BCUT2D eigenvalue weighted by Crippen LogP contribution is -2.52. The second-order valence-electron chi connectivity index (χ2n) is 10.5. The van der Waals surface area contributed by atoms with Crippen molar-refractivity contribution in [2.75, 3.05) is 6.54 Å². The quantitative estimate of drug-likeness (QED) is 0.635. The van der Waals surface area contributed by atoms with Crippen molar-refractivity contribution in [2.45, 2.75) is 92.2 Å². The fraction of sp³-hybridized carbons (Fsp3) is 0.913. The van der Waals surface area contributed by atoms with Gasteiger partial charge in [0.1, 0.15) is 6.54 Å². The third-order valence-electron chi connectivity index (χ3n) is 7.73. The Balaban J connectivity index is 1.83. The molecular weight excluding hydrogens is 336 g/mol. The number of hydrogen-bond donors (Lipinski definition) is 0. The maximum atomic E-state index is 13.5. The summed E-state index contributed by atoms with van der Waals surface area (Å²) in [5, 5.41) is 0. The van der Waals surface area contributed by atoms with Crippen LogP contribution >= 0.6 is 0 Å².